The van der Waals surface area contributed by atoms with E-state index in [1.54, 1.807) is 0 Å². The third-order valence-corrected chi connectivity index (χ3v) is 1.71. The first-order chi connectivity index (χ1) is 4.74. The molecule has 0 saturated heterocycles. The average Bonchev–Trinajstić information content (AvgIpc) is 2.13. The smallest absolute Gasteiger partial charge is 0.282 e. The maximum Gasteiger partial charge on any atom is 0.282 e. The van der Waals surface area contributed by atoms with Gasteiger partial charge in [-0.05, 0) is 13.3 Å². The molecule has 1 aliphatic rings. The van der Waals surface area contributed by atoms with Crippen LogP contribution in [0.4, 0.5) is 0 Å². The summed E-state index contributed by atoms with van der Waals surface area (Å²) in [7, 11) is 0. The highest BCUT2D eigenvalue weighted by molar-refractivity contribution is 5.73. The van der Waals surface area contributed by atoms with Crippen molar-refractivity contribution in [1.82, 2.24) is 0 Å². The Balaban J connectivity index is 2.39. The molecule has 10 heavy (non-hydrogen) atoms. The summed E-state index contributed by atoms with van der Waals surface area (Å²) in [5.41, 5.74) is 5.37. The van der Waals surface area contributed by atoms with Crippen LogP contribution in [-0.4, -0.2) is 18.2 Å². The Bertz CT molecular complexity index is 145. The van der Waals surface area contributed by atoms with Gasteiger partial charge in [0.1, 0.15) is 6.10 Å². The van der Waals surface area contributed by atoms with Crippen LogP contribution >= 0.6 is 0 Å². The SMILES string of the molecule is CCCC1OC(N)=NC1C. The van der Waals surface area contributed by atoms with E-state index < -0.39 is 0 Å². The Morgan fingerprint density at radius 1 is 1.70 bits per heavy atom. The van der Waals surface area contributed by atoms with Gasteiger partial charge in [0.2, 0.25) is 0 Å². The van der Waals surface area contributed by atoms with Crippen LogP contribution in [0.1, 0.15) is 26.7 Å². The molecule has 0 fully saturated rings. The summed E-state index contributed by atoms with van der Waals surface area (Å²) in [5.74, 6) is 0. The van der Waals surface area contributed by atoms with E-state index in [1.165, 1.54) is 0 Å². The molecule has 1 aliphatic heterocycles. The molecule has 0 aromatic carbocycles. The largest absolute Gasteiger partial charge is 0.460 e. The predicted octanol–water partition coefficient (Wildman–Crippen LogP) is 0.889. The van der Waals surface area contributed by atoms with E-state index >= 15 is 0 Å². The van der Waals surface area contributed by atoms with Crippen LogP contribution in [0.25, 0.3) is 0 Å². The summed E-state index contributed by atoms with van der Waals surface area (Å²) in [6.45, 7) is 4.16. The van der Waals surface area contributed by atoms with Crippen molar-refractivity contribution in [2.45, 2.75) is 38.8 Å². The number of hydrogen-bond donors (Lipinski definition) is 1. The molecule has 1 rings (SSSR count). The third-order valence-electron chi connectivity index (χ3n) is 1.71. The van der Waals surface area contributed by atoms with Crippen LogP contribution < -0.4 is 5.73 Å². The molecule has 0 spiro atoms. The van der Waals surface area contributed by atoms with Gasteiger partial charge in [-0.1, -0.05) is 13.3 Å². The van der Waals surface area contributed by atoms with E-state index in [-0.39, 0.29) is 12.1 Å². The van der Waals surface area contributed by atoms with Gasteiger partial charge in [0.05, 0.1) is 6.04 Å². The summed E-state index contributed by atoms with van der Waals surface area (Å²) < 4.78 is 5.24. The summed E-state index contributed by atoms with van der Waals surface area (Å²) in [6.07, 6.45) is 2.40. The molecule has 58 valence electrons. The van der Waals surface area contributed by atoms with Crippen molar-refractivity contribution >= 4 is 6.02 Å². The van der Waals surface area contributed by atoms with Crippen LogP contribution in [0.2, 0.25) is 0 Å². The topological polar surface area (TPSA) is 47.6 Å². The van der Waals surface area contributed by atoms with Gasteiger partial charge in [-0.25, -0.2) is 4.99 Å². The first-order valence-corrected chi connectivity index (χ1v) is 3.74. The van der Waals surface area contributed by atoms with Crippen LogP contribution in [-0.2, 0) is 4.74 Å². The molecule has 0 radical (unpaired) electrons. The molecule has 0 saturated carbocycles. The quantitative estimate of drug-likeness (QED) is 0.622. The van der Waals surface area contributed by atoms with Gasteiger partial charge < -0.3 is 10.5 Å². The highest BCUT2D eigenvalue weighted by Gasteiger charge is 2.24. The lowest BCUT2D eigenvalue weighted by Crippen LogP contribution is -2.21. The standard InChI is InChI=1S/C7H14N2O/c1-3-4-6-5(2)9-7(8)10-6/h5-6H,3-4H2,1-2H3,(H2,8,9). The number of amidine groups is 1. The van der Waals surface area contributed by atoms with E-state index in [9.17, 15) is 0 Å². The molecule has 2 unspecified atom stereocenters. The van der Waals surface area contributed by atoms with Crippen molar-refractivity contribution in [2.75, 3.05) is 0 Å². The number of hydrogen-bond acceptors (Lipinski definition) is 3. The second-order valence-corrected chi connectivity index (χ2v) is 2.65. The van der Waals surface area contributed by atoms with Gasteiger partial charge in [0.25, 0.3) is 6.02 Å². The van der Waals surface area contributed by atoms with Gasteiger partial charge >= 0.3 is 0 Å². The van der Waals surface area contributed by atoms with Gasteiger partial charge in [-0.3, -0.25) is 0 Å². The Hall–Kier alpha value is -0.730. The zero-order chi connectivity index (χ0) is 7.56. The van der Waals surface area contributed by atoms with Crippen LogP contribution in [0.3, 0.4) is 0 Å². The Kier molecular flexibility index (Phi) is 2.14. The average molecular weight is 142 g/mol. The fraction of sp³-hybridized carbons (Fsp3) is 0.857. The summed E-state index contributed by atoms with van der Waals surface area (Å²) in [4.78, 5) is 4.06. The monoisotopic (exact) mass is 142 g/mol. The normalized spacial score (nSPS) is 31.6. The first-order valence-electron chi connectivity index (χ1n) is 3.74. The number of nitrogens with two attached hydrogens (primary N) is 1. The second-order valence-electron chi connectivity index (χ2n) is 2.65. The van der Waals surface area contributed by atoms with Crippen molar-refractivity contribution in [3.63, 3.8) is 0 Å². The number of nitrogens with zero attached hydrogens (tertiary/aromatic N) is 1. The lowest BCUT2D eigenvalue weighted by atomic mass is 10.1. The lowest BCUT2D eigenvalue weighted by Gasteiger charge is -2.11. The van der Waals surface area contributed by atoms with E-state index in [1.807, 2.05) is 6.92 Å². The fourth-order valence-corrected chi connectivity index (χ4v) is 1.15. The van der Waals surface area contributed by atoms with Gasteiger partial charge in [0.15, 0.2) is 0 Å². The molecule has 0 aromatic rings. The number of aliphatic imine (C=N–C) groups is 1. The Morgan fingerprint density at radius 3 is 2.80 bits per heavy atom. The summed E-state index contributed by atoms with van der Waals surface area (Å²) in [6, 6.07) is 0.603. The molecular formula is C7H14N2O. The highest BCUT2D eigenvalue weighted by Crippen LogP contribution is 2.15. The maximum absolute atomic E-state index is 5.37. The van der Waals surface area contributed by atoms with Gasteiger partial charge in [-0.2, -0.15) is 0 Å². The minimum Gasteiger partial charge on any atom is -0.460 e. The molecular weight excluding hydrogens is 128 g/mol. The third kappa shape index (κ3) is 1.40. The maximum atomic E-state index is 5.37. The van der Waals surface area contributed by atoms with E-state index in [2.05, 4.69) is 11.9 Å². The van der Waals surface area contributed by atoms with Crippen molar-refractivity contribution < 1.29 is 4.74 Å². The first kappa shape index (κ1) is 7.38. The van der Waals surface area contributed by atoms with E-state index in [4.69, 9.17) is 10.5 Å². The van der Waals surface area contributed by atoms with Gasteiger partial charge in [-0.15, -0.1) is 0 Å². The molecule has 0 aromatic heterocycles. The summed E-state index contributed by atoms with van der Waals surface area (Å²) >= 11 is 0. The molecule has 2 atom stereocenters. The van der Waals surface area contributed by atoms with E-state index in [0.717, 1.165) is 12.8 Å². The molecule has 1 heterocycles. The number of ether oxygens (including phenoxy) is 1. The van der Waals surface area contributed by atoms with Crippen molar-refractivity contribution in [3.8, 4) is 0 Å². The van der Waals surface area contributed by atoms with Crippen molar-refractivity contribution in [3.05, 3.63) is 0 Å². The number of rotatable bonds is 2. The fourth-order valence-electron chi connectivity index (χ4n) is 1.15. The van der Waals surface area contributed by atoms with Crippen molar-refractivity contribution in [1.29, 1.82) is 0 Å². The zero-order valence-corrected chi connectivity index (χ0v) is 6.50. The highest BCUT2D eigenvalue weighted by atomic mass is 16.5. The molecule has 0 amide bonds. The van der Waals surface area contributed by atoms with Crippen LogP contribution in [0.15, 0.2) is 4.99 Å². The molecule has 3 nitrogen and oxygen atoms in total. The minimum absolute atomic E-state index is 0.227. The molecule has 0 bridgehead atoms. The summed E-state index contributed by atoms with van der Waals surface area (Å²) in [5, 5.41) is 0. The van der Waals surface area contributed by atoms with Crippen LogP contribution in [0.5, 0.6) is 0 Å². The molecule has 0 aliphatic carbocycles. The van der Waals surface area contributed by atoms with Crippen molar-refractivity contribution in [2.24, 2.45) is 10.7 Å². The van der Waals surface area contributed by atoms with Gasteiger partial charge in [0, 0.05) is 0 Å². The Labute approximate surface area is 61.3 Å². The van der Waals surface area contributed by atoms with Crippen LogP contribution in [0, 0.1) is 0 Å². The second kappa shape index (κ2) is 2.90. The van der Waals surface area contributed by atoms with E-state index in [0.29, 0.717) is 6.02 Å². The zero-order valence-electron chi connectivity index (χ0n) is 6.50. The molecule has 2 N–H and O–H groups in total. The minimum atomic E-state index is 0.227. The Morgan fingerprint density at radius 2 is 2.40 bits per heavy atom. The molecule has 3 heteroatoms. The predicted molar refractivity (Wildman–Crippen MR) is 40.9 cm³/mol. The lowest BCUT2D eigenvalue weighted by molar-refractivity contribution is 0.183.